The number of aliphatic carboxylic acids is 1. The van der Waals surface area contributed by atoms with E-state index >= 15 is 0 Å². The number of likely N-dealkylation sites (N-methyl/N-ethyl adjacent to an activating group) is 1. The van der Waals surface area contributed by atoms with Crippen molar-refractivity contribution >= 4 is 11.8 Å². The van der Waals surface area contributed by atoms with Gasteiger partial charge in [-0.25, -0.2) is 9.97 Å². The molecule has 0 aliphatic carbocycles. The standard InChI is InChI=1S/C13H13N3O3/c1-16(9-13(17)18)11-7-15-12(8-14-11)19-10-5-3-2-4-6-10/h2-8H,9H2,1H3,(H,17,18). The summed E-state index contributed by atoms with van der Waals surface area (Å²) in [6.07, 6.45) is 2.93. The second kappa shape index (κ2) is 5.81. The van der Waals surface area contributed by atoms with Crippen molar-refractivity contribution in [2.45, 2.75) is 0 Å². The molecule has 0 atom stereocenters. The lowest BCUT2D eigenvalue weighted by molar-refractivity contribution is -0.135. The Morgan fingerprint density at radius 2 is 2.00 bits per heavy atom. The van der Waals surface area contributed by atoms with Crippen molar-refractivity contribution in [2.24, 2.45) is 0 Å². The molecule has 2 aromatic rings. The maximum absolute atomic E-state index is 10.6. The minimum absolute atomic E-state index is 0.131. The molecule has 0 amide bonds. The van der Waals surface area contributed by atoms with Gasteiger partial charge in [0.1, 0.15) is 18.1 Å². The number of hydrogen-bond donors (Lipinski definition) is 1. The fraction of sp³-hybridized carbons (Fsp3) is 0.154. The molecule has 0 unspecified atom stereocenters. The molecule has 0 radical (unpaired) electrons. The quantitative estimate of drug-likeness (QED) is 0.882. The number of carboxylic acid groups (broad SMARTS) is 1. The van der Waals surface area contributed by atoms with Gasteiger partial charge in [-0.15, -0.1) is 0 Å². The van der Waals surface area contributed by atoms with Gasteiger partial charge in [-0.2, -0.15) is 0 Å². The molecule has 2 rings (SSSR count). The predicted octanol–water partition coefficient (Wildman–Crippen LogP) is 1.79. The molecule has 1 aromatic carbocycles. The fourth-order valence-corrected chi connectivity index (χ4v) is 1.45. The number of carbonyl (C=O) groups is 1. The number of aromatic nitrogens is 2. The predicted molar refractivity (Wildman–Crippen MR) is 69.5 cm³/mol. The smallest absolute Gasteiger partial charge is 0.323 e. The summed E-state index contributed by atoms with van der Waals surface area (Å²) in [5.74, 6) is 0.582. The third kappa shape index (κ3) is 3.67. The van der Waals surface area contributed by atoms with E-state index in [-0.39, 0.29) is 6.54 Å². The van der Waals surface area contributed by atoms with Gasteiger partial charge in [0, 0.05) is 7.05 Å². The number of carboxylic acids is 1. The summed E-state index contributed by atoms with van der Waals surface area (Å²) < 4.78 is 5.49. The highest BCUT2D eigenvalue weighted by molar-refractivity contribution is 5.72. The van der Waals surface area contributed by atoms with Gasteiger partial charge in [0.25, 0.3) is 0 Å². The van der Waals surface area contributed by atoms with Gasteiger partial charge in [0.05, 0.1) is 12.4 Å². The lowest BCUT2D eigenvalue weighted by Gasteiger charge is -2.14. The first kappa shape index (κ1) is 12.8. The van der Waals surface area contributed by atoms with Gasteiger partial charge in [-0.3, -0.25) is 4.79 Å². The van der Waals surface area contributed by atoms with Crippen LogP contribution in [0.1, 0.15) is 0 Å². The van der Waals surface area contributed by atoms with Crippen molar-refractivity contribution in [3.05, 3.63) is 42.7 Å². The first-order chi connectivity index (χ1) is 9.15. The van der Waals surface area contributed by atoms with E-state index in [1.807, 2.05) is 30.3 Å². The van der Waals surface area contributed by atoms with E-state index in [1.54, 1.807) is 7.05 Å². The summed E-state index contributed by atoms with van der Waals surface area (Å²) >= 11 is 0. The lowest BCUT2D eigenvalue weighted by atomic mass is 10.3. The monoisotopic (exact) mass is 259 g/mol. The van der Waals surface area contributed by atoms with E-state index < -0.39 is 5.97 Å². The Bertz CT molecular complexity index is 543. The van der Waals surface area contributed by atoms with Gasteiger partial charge < -0.3 is 14.7 Å². The molecule has 0 aliphatic rings. The first-order valence-corrected chi connectivity index (χ1v) is 5.63. The highest BCUT2D eigenvalue weighted by atomic mass is 16.5. The van der Waals surface area contributed by atoms with E-state index in [0.29, 0.717) is 17.4 Å². The Morgan fingerprint density at radius 1 is 1.26 bits per heavy atom. The summed E-state index contributed by atoms with van der Waals surface area (Å²) in [5.41, 5.74) is 0. The summed E-state index contributed by atoms with van der Waals surface area (Å²) in [7, 11) is 1.63. The fourth-order valence-electron chi connectivity index (χ4n) is 1.45. The number of rotatable bonds is 5. The third-order valence-corrected chi connectivity index (χ3v) is 2.34. The number of nitrogens with zero attached hydrogens (tertiary/aromatic N) is 3. The zero-order valence-corrected chi connectivity index (χ0v) is 10.4. The Morgan fingerprint density at radius 3 is 2.58 bits per heavy atom. The molecule has 19 heavy (non-hydrogen) atoms. The minimum Gasteiger partial charge on any atom is -0.480 e. The average molecular weight is 259 g/mol. The van der Waals surface area contributed by atoms with E-state index in [2.05, 4.69) is 9.97 Å². The molecule has 0 aliphatic heterocycles. The Hall–Kier alpha value is -2.63. The van der Waals surface area contributed by atoms with Crippen LogP contribution >= 0.6 is 0 Å². The summed E-state index contributed by atoms with van der Waals surface area (Å²) in [5, 5.41) is 8.68. The number of ether oxygens (including phenoxy) is 1. The molecule has 1 aromatic heterocycles. The lowest BCUT2D eigenvalue weighted by Crippen LogP contribution is -2.25. The zero-order valence-electron chi connectivity index (χ0n) is 10.4. The molecule has 1 N–H and O–H groups in total. The van der Waals surface area contributed by atoms with Crippen LogP contribution in [0.25, 0.3) is 0 Å². The molecule has 98 valence electrons. The van der Waals surface area contributed by atoms with Crippen molar-refractivity contribution in [1.29, 1.82) is 0 Å². The molecule has 0 bridgehead atoms. The second-order valence-electron chi connectivity index (χ2n) is 3.88. The molecule has 0 spiro atoms. The maximum Gasteiger partial charge on any atom is 0.323 e. The van der Waals surface area contributed by atoms with Crippen LogP contribution in [0.2, 0.25) is 0 Å². The van der Waals surface area contributed by atoms with Crippen LogP contribution < -0.4 is 9.64 Å². The molecule has 6 heteroatoms. The minimum atomic E-state index is -0.922. The Labute approximate surface area is 110 Å². The highest BCUT2D eigenvalue weighted by Gasteiger charge is 2.07. The molecular formula is C13H13N3O3. The average Bonchev–Trinajstić information content (AvgIpc) is 2.40. The maximum atomic E-state index is 10.6. The third-order valence-electron chi connectivity index (χ3n) is 2.34. The van der Waals surface area contributed by atoms with Crippen molar-refractivity contribution in [2.75, 3.05) is 18.5 Å². The van der Waals surface area contributed by atoms with Crippen LogP contribution in [0.4, 0.5) is 5.82 Å². The van der Waals surface area contributed by atoms with E-state index in [0.717, 1.165) is 0 Å². The van der Waals surface area contributed by atoms with Crippen molar-refractivity contribution in [3.63, 3.8) is 0 Å². The topological polar surface area (TPSA) is 75.6 Å². The molecule has 6 nitrogen and oxygen atoms in total. The first-order valence-electron chi connectivity index (χ1n) is 5.63. The highest BCUT2D eigenvalue weighted by Crippen LogP contribution is 2.18. The number of hydrogen-bond acceptors (Lipinski definition) is 5. The van der Waals surface area contributed by atoms with Crippen LogP contribution in [0.15, 0.2) is 42.7 Å². The van der Waals surface area contributed by atoms with Gasteiger partial charge in [0.2, 0.25) is 5.88 Å². The van der Waals surface area contributed by atoms with Gasteiger partial charge in [-0.05, 0) is 12.1 Å². The number of benzene rings is 1. The molecule has 0 fully saturated rings. The van der Waals surface area contributed by atoms with Gasteiger partial charge in [0.15, 0.2) is 0 Å². The van der Waals surface area contributed by atoms with Crippen LogP contribution in [0.5, 0.6) is 11.6 Å². The van der Waals surface area contributed by atoms with Gasteiger partial charge >= 0.3 is 5.97 Å². The van der Waals surface area contributed by atoms with Crippen LogP contribution in [0.3, 0.4) is 0 Å². The molecule has 0 saturated carbocycles. The zero-order chi connectivity index (χ0) is 13.7. The second-order valence-corrected chi connectivity index (χ2v) is 3.88. The van der Waals surface area contributed by atoms with E-state index in [4.69, 9.17) is 9.84 Å². The summed E-state index contributed by atoms with van der Waals surface area (Å²) in [6.45, 7) is -0.131. The largest absolute Gasteiger partial charge is 0.480 e. The van der Waals surface area contributed by atoms with E-state index in [9.17, 15) is 4.79 Å². The Kier molecular flexibility index (Phi) is 3.92. The summed E-state index contributed by atoms with van der Waals surface area (Å²) in [4.78, 5) is 20.3. The number of para-hydroxylation sites is 1. The molecule has 0 saturated heterocycles. The van der Waals surface area contributed by atoms with Crippen molar-refractivity contribution in [3.8, 4) is 11.6 Å². The van der Waals surface area contributed by atoms with Crippen molar-refractivity contribution in [1.82, 2.24) is 9.97 Å². The van der Waals surface area contributed by atoms with Gasteiger partial charge in [-0.1, -0.05) is 18.2 Å². The van der Waals surface area contributed by atoms with E-state index in [1.165, 1.54) is 17.3 Å². The number of anilines is 1. The summed E-state index contributed by atoms with van der Waals surface area (Å²) in [6, 6.07) is 9.23. The van der Waals surface area contributed by atoms with Crippen LogP contribution in [0, 0.1) is 0 Å². The molecular weight excluding hydrogens is 246 g/mol. The normalized spacial score (nSPS) is 9.95. The van der Waals surface area contributed by atoms with Crippen LogP contribution in [-0.4, -0.2) is 34.6 Å². The molecule has 1 heterocycles. The SMILES string of the molecule is CN(CC(=O)O)c1cnc(Oc2ccccc2)cn1. The van der Waals surface area contributed by atoms with Crippen LogP contribution in [-0.2, 0) is 4.79 Å². The Balaban J connectivity index is 2.04. The van der Waals surface area contributed by atoms with Crippen molar-refractivity contribution < 1.29 is 14.6 Å².